The zero-order valence-electron chi connectivity index (χ0n) is 14.5. The van der Waals surface area contributed by atoms with E-state index in [9.17, 15) is 9.59 Å². The van der Waals surface area contributed by atoms with Gasteiger partial charge in [0, 0.05) is 30.5 Å². The third-order valence-electron chi connectivity index (χ3n) is 4.04. The second-order valence-corrected chi connectivity index (χ2v) is 7.24. The topological polar surface area (TPSA) is 114 Å². The van der Waals surface area contributed by atoms with Gasteiger partial charge in [-0.3, -0.25) is 19.8 Å². The third-order valence-corrected chi connectivity index (χ3v) is 5.04. The van der Waals surface area contributed by atoms with Gasteiger partial charge in [-0.2, -0.15) is 0 Å². The lowest BCUT2D eigenvalue weighted by Gasteiger charge is -2.24. The summed E-state index contributed by atoms with van der Waals surface area (Å²) in [6.45, 7) is 3.33. The molecule has 4 rings (SSSR count). The summed E-state index contributed by atoms with van der Waals surface area (Å²) in [5.41, 5.74) is 0.957. The minimum Gasteiger partial charge on any atom is -0.459 e. The van der Waals surface area contributed by atoms with Crippen molar-refractivity contribution in [1.29, 1.82) is 0 Å². The molecule has 27 heavy (non-hydrogen) atoms. The minimum atomic E-state index is -0.328. The maximum atomic E-state index is 12.2. The number of carbonyl (C=O) groups excluding carboxylic acids is 2. The Morgan fingerprint density at radius 3 is 3.00 bits per heavy atom. The predicted octanol–water partition coefficient (Wildman–Crippen LogP) is 2.28. The van der Waals surface area contributed by atoms with E-state index < -0.39 is 0 Å². The van der Waals surface area contributed by atoms with E-state index in [4.69, 9.17) is 8.94 Å². The van der Waals surface area contributed by atoms with Crippen LogP contribution >= 0.6 is 11.3 Å². The summed E-state index contributed by atoms with van der Waals surface area (Å²) in [5, 5.41) is 9.75. The Balaban J connectivity index is 1.35. The molecule has 0 radical (unpaired) electrons. The van der Waals surface area contributed by atoms with Gasteiger partial charge >= 0.3 is 0 Å². The molecule has 2 N–H and O–H groups in total. The first-order valence-corrected chi connectivity index (χ1v) is 9.17. The van der Waals surface area contributed by atoms with Gasteiger partial charge in [0.05, 0.1) is 18.5 Å². The van der Waals surface area contributed by atoms with Gasteiger partial charge in [0.1, 0.15) is 5.76 Å². The maximum Gasteiger partial charge on any atom is 0.293 e. The first kappa shape index (κ1) is 17.4. The number of amides is 2. The maximum absolute atomic E-state index is 12.2. The van der Waals surface area contributed by atoms with Crippen molar-refractivity contribution >= 4 is 34.1 Å². The molecular formula is C17H17N5O4S. The Kier molecular flexibility index (Phi) is 4.73. The number of nitrogens with zero attached hydrogens (tertiary/aromatic N) is 3. The number of rotatable bonds is 5. The molecule has 0 bridgehead atoms. The fourth-order valence-electron chi connectivity index (χ4n) is 2.81. The van der Waals surface area contributed by atoms with Crippen molar-refractivity contribution in [3.8, 4) is 0 Å². The van der Waals surface area contributed by atoms with Crippen molar-refractivity contribution in [2.24, 2.45) is 0 Å². The Morgan fingerprint density at radius 1 is 1.37 bits per heavy atom. The third kappa shape index (κ3) is 4.07. The molecule has 10 heteroatoms. The first-order valence-electron chi connectivity index (χ1n) is 8.36. The van der Waals surface area contributed by atoms with Gasteiger partial charge in [-0.1, -0.05) is 5.16 Å². The van der Waals surface area contributed by atoms with E-state index in [2.05, 4.69) is 20.8 Å². The van der Waals surface area contributed by atoms with Gasteiger partial charge in [-0.25, -0.2) is 4.98 Å². The second kappa shape index (κ2) is 7.33. The number of aromatic nitrogens is 2. The molecule has 2 amide bonds. The highest BCUT2D eigenvalue weighted by molar-refractivity contribution is 7.15. The fraction of sp³-hybridized carbons (Fsp3) is 0.294. The lowest BCUT2D eigenvalue weighted by Crippen LogP contribution is -2.36. The molecule has 3 aromatic heterocycles. The van der Waals surface area contributed by atoms with Crippen LogP contribution in [0, 0.1) is 6.92 Å². The summed E-state index contributed by atoms with van der Waals surface area (Å²) in [6.07, 6.45) is 2.17. The van der Waals surface area contributed by atoms with Gasteiger partial charge in [0.25, 0.3) is 5.91 Å². The van der Waals surface area contributed by atoms with Crippen molar-refractivity contribution in [3.05, 3.63) is 46.6 Å². The van der Waals surface area contributed by atoms with Gasteiger partial charge in [0.15, 0.2) is 16.7 Å². The van der Waals surface area contributed by atoms with Crippen molar-refractivity contribution in [1.82, 2.24) is 15.0 Å². The van der Waals surface area contributed by atoms with Crippen LogP contribution in [0.15, 0.2) is 33.4 Å². The molecule has 0 aliphatic carbocycles. The van der Waals surface area contributed by atoms with Gasteiger partial charge < -0.3 is 14.3 Å². The molecule has 1 aliphatic rings. The molecule has 0 aromatic carbocycles. The van der Waals surface area contributed by atoms with Crippen LogP contribution in [-0.2, 0) is 17.8 Å². The molecule has 0 fully saturated rings. The molecule has 4 heterocycles. The minimum absolute atomic E-state index is 0.150. The normalized spacial score (nSPS) is 14.0. The summed E-state index contributed by atoms with van der Waals surface area (Å²) < 4.78 is 10.0. The Morgan fingerprint density at radius 2 is 2.26 bits per heavy atom. The number of hydrogen-bond acceptors (Lipinski definition) is 8. The number of carbonyl (C=O) groups is 2. The molecule has 0 saturated heterocycles. The molecule has 0 saturated carbocycles. The molecule has 1 aliphatic heterocycles. The summed E-state index contributed by atoms with van der Waals surface area (Å²) in [4.78, 5) is 31.8. The van der Waals surface area contributed by atoms with E-state index in [0.717, 1.165) is 17.0 Å². The van der Waals surface area contributed by atoms with Crippen LogP contribution in [-0.4, -0.2) is 39.9 Å². The van der Waals surface area contributed by atoms with Crippen LogP contribution in [0.3, 0.4) is 0 Å². The number of anilines is 2. The highest BCUT2D eigenvalue weighted by Crippen LogP contribution is 2.28. The van der Waals surface area contributed by atoms with Crippen molar-refractivity contribution in [2.45, 2.75) is 19.9 Å². The monoisotopic (exact) mass is 387 g/mol. The molecule has 140 valence electrons. The van der Waals surface area contributed by atoms with Crippen molar-refractivity contribution < 1.29 is 18.5 Å². The predicted molar refractivity (Wildman–Crippen MR) is 97.6 cm³/mol. The lowest BCUT2D eigenvalue weighted by molar-refractivity contribution is -0.117. The average molecular weight is 387 g/mol. The fourth-order valence-corrected chi connectivity index (χ4v) is 3.86. The molecule has 0 atom stereocenters. The van der Waals surface area contributed by atoms with E-state index in [-0.39, 0.29) is 24.1 Å². The van der Waals surface area contributed by atoms with E-state index in [1.165, 1.54) is 17.6 Å². The number of thiazole rings is 1. The summed E-state index contributed by atoms with van der Waals surface area (Å²) in [7, 11) is 0. The Bertz CT molecular complexity index is 962. The highest BCUT2D eigenvalue weighted by atomic mass is 32.1. The van der Waals surface area contributed by atoms with Crippen LogP contribution in [0.1, 0.15) is 26.9 Å². The molecular weight excluding hydrogens is 370 g/mol. The van der Waals surface area contributed by atoms with Crippen molar-refractivity contribution in [2.75, 3.05) is 23.7 Å². The van der Waals surface area contributed by atoms with Crippen LogP contribution in [0.2, 0.25) is 0 Å². The smallest absolute Gasteiger partial charge is 0.293 e. The van der Waals surface area contributed by atoms with E-state index in [1.54, 1.807) is 25.1 Å². The molecule has 0 spiro atoms. The van der Waals surface area contributed by atoms with Crippen molar-refractivity contribution in [3.63, 3.8) is 0 Å². The Labute approximate surface area is 158 Å². The largest absolute Gasteiger partial charge is 0.459 e. The number of furan rings is 1. The van der Waals surface area contributed by atoms with Gasteiger partial charge in [0.2, 0.25) is 5.91 Å². The quantitative estimate of drug-likeness (QED) is 0.690. The molecule has 3 aromatic rings. The number of hydrogen-bond donors (Lipinski definition) is 2. The number of aryl methyl sites for hydroxylation is 1. The van der Waals surface area contributed by atoms with Gasteiger partial charge in [-0.05, 0) is 19.1 Å². The lowest BCUT2D eigenvalue weighted by atomic mass is 10.2. The van der Waals surface area contributed by atoms with Crippen LogP contribution in [0.25, 0.3) is 0 Å². The summed E-state index contributed by atoms with van der Waals surface area (Å²) in [6, 6.07) is 4.92. The SMILES string of the molecule is Cc1cc(NC(=O)CN2CCc3nc(NC(=O)c4ccco4)sc3C2)no1. The highest BCUT2D eigenvalue weighted by Gasteiger charge is 2.23. The molecule has 9 nitrogen and oxygen atoms in total. The van der Waals surface area contributed by atoms with E-state index in [0.29, 0.717) is 29.8 Å². The van der Waals surface area contributed by atoms with Crippen LogP contribution in [0.4, 0.5) is 10.9 Å². The van der Waals surface area contributed by atoms with E-state index >= 15 is 0 Å². The first-order chi connectivity index (χ1) is 13.1. The molecule has 0 unspecified atom stereocenters. The zero-order valence-corrected chi connectivity index (χ0v) is 15.3. The second-order valence-electron chi connectivity index (χ2n) is 6.15. The summed E-state index contributed by atoms with van der Waals surface area (Å²) in [5.74, 6) is 0.815. The zero-order chi connectivity index (χ0) is 18.8. The number of fused-ring (bicyclic) bond motifs is 1. The standard InChI is InChI=1S/C17H17N5O4S/c1-10-7-14(21-26-10)19-15(23)9-22-5-4-11-13(8-22)27-17(18-11)20-16(24)12-3-2-6-25-12/h2-3,6-7H,4-5,8-9H2,1H3,(H,18,20,24)(H,19,21,23). The van der Waals surface area contributed by atoms with Crippen LogP contribution < -0.4 is 10.6 Å². The summed E-state index contributed by atoms with van der Waals surface area (Å²) >= 11 is 1.41. The van der Waals surface area contributed by atoms with Gasteiger partial charge in [-0.15, -0.1) is 11.3 Å². The number of nitrogens with one attached hydrogen (secondary N) is 2. The Hall–Kier alpha value is -2.98. The van der Waals surface area contributed by atoms with Crippen LogP contribution in [0.5, 0.6) is 0 Å². The van der Waals surface area contributed by atoms with E-state index in [1.807, 2.05) is 4.90 Å². The average Bonchev–Trinajstić information content (AvgIpc) is 3.35.